The number of carbonyl (C=O) groups is 1. The maximum Gasteiger partial charge on any atom is 0.349 e. The summed E-state index contributed by atoms with van der Waals surface area (Å²) in [5.74, 6) is 0.390. The van der Waals surface area contributed by atoms with Gasteiger partial charge in [-0.25, -0.2) is 9.59 Å². The topological polar surface area (TPSA) is 65.7 Å². The van der Waals surface area contributed by atoms with Gasteiger partial charge in [-0.15, -0.1) is 0 Å². The third-order valence-electron chi connectivity index (χ3n) is 3.90. The molecule has 0 radical (unpaired) electrons. The highest BCUT2D eigenvalue weighted by Crippen LogP contribution is 2.23. The minimum absolute atomic E-state index is 0.207. The Morgan fingerprint density at radius 1 is 1.08 bits per heavy atom. The van der Waals surface area contributed by atoms with E-state index < -0.39 is 11.6 Å². The molecule has 0 unspecified atom stereocenters. The second-order valence-corrected chi connectivity index (χ2v) is 6.08. The molecular formula is C21H20O5. The molecule has 0 bridgehead atoms. The van der Waals surface area contributed by atoms with Crippen LogP contribution in [0.25, 0.3) is 11.0 Å². The second kappa shape index (κ2) is 7.87. The second-order valence-electron chi connectivity index (χ2n) is 6.08. The maximum absolute atomic E-state index is 12.0. The van der Waals surface area contributed by atoms with Gasteiger partial charge in [-0.1, -0.05) is 25.5 Å². The Kier molecular flexibility index (Phi) is 5.37. The van der Waals surface area contributed by atoms with Gasteiger partial charge in [-0.05, 0) is 48.7 Å². The van der Waals surface area contributed by atoms with Crippen LogP contribution in [0.15, 0.2) is 57.7 Å². The summed E-state index contributed by atoms with van der Waals surface area (Å²) in [6.45, 7) is 3.78. The van der Waals surface area contributed by atoms with Gasteiger partial charge in [0.2, 0.25) is 0 Å². The van der Waals surface area contributed by atoms with Gasteiger partial charge in [0.1, 0.15) is 17.1 Å². The SMILES string of the molecule is CCCc1cc(=O)oc2cc(OC(=O)COc3cccc(C)c3)ccc12. The summed E-state index contributed by atoms with van der Waals surface area (Å²) in [5, 5.41) is 0.849. The first kappa shape index (κ1) is 17.7. The zero-order valence-corrected chi connectivity index (χ0v) is 14.8. The van der Waals surface area contributed by atoms with E-state index in [-0.39, 0.29) is 6.61 Å². The number of ether oxygens (including phenoxy) is 2. The average molecular weight is 352 g/mol. The molecule has 0 fully saturated rings. The fraction of sp³-hybridized carbons (Fsp3) is 0.238. The molecule has 5 heteroatoms. The number of aryl methyl sites for hydroxylation is 2. The summed E-state index contributed by atoms with van der Waals surface area (Å²) in [6, 6.07) is 14.0. The first-order valence-corrected chi connectivity index (χ1v) is 8.52. The van der Waals surface area contributed by atoms with Gasteiger partial charge in [-0.3, -0.25) is 0 Å². The van der Waals surface area contributed by atoms with E-state index >= 15 is 0 Å². The molecule has 3 aromatic rings. The predicted octanol–water partition coefficient (Wildman–Crippen LogP) is 4.04. The predicted molar refractivity (Wildman–Crippen MR) is 98.8 cm³/mol. The zero-order chi connectivity index (χ0) is 18.5. The van der Waals surface area contributed by atoms with Crippen molar-refractivity contribution in [3.63, 3.8) is 0 Å². The number of hydrogen-bond acceptors (Lipinski definition) is 5. The molecule has 0 saturated carbocycles. The Hall–Kier alpha value is -3.08. The summed E-state index contributed by atoms with van der Waals surface area (Å²) in [4.78, 5) is 23.7. The highest BCUT2D eigenvalue weighted by molar-refractivity contribution is 5.83. The molecule has 26 heavy (non-hydrogen) atoms. The van der Waals surface area contributed by atoms with Crippen molar-refractivity contribution >= 4 is 16.9 Å². The molecule has 0 amide bonds. The van der Waals surface area contributed by atoms with Gasteiger partial charge < -0.3 is 13.9 Å². The number of fused-ring (bicyclic) bond motifs is 1. The van der Waals surface area contributed by atoms with Crippen LogP contribution < -0.4 is 15.1 Å². The largest absolute Gasteiger partial charge is 0.482 e. The van der Waals surface area contributed by atoms with E-state index in [4.69, 9.17) is 13.9 Å². The molecule has 0 aliphatic carbocycles. The molecule has 134 valence electrons. The lowest BCUT2D eigenvalue weighted by Crippen LogP contribution is -2.17. The van der Waals surface area contributed by atoms with Crippen LogP contribution in [0, 0.1) is 6.92 Å². The van der Waals surface area contributed by atoms with Gasteiger partial charge in [0.15, 0.2) is 6.61 Å². The Morgan fingerprint density at radius 2 is 1.92 bits per heavy atom. The first-order valence-electron chi connectivity index (χ1n) is 8.52. The van der Waals surface area contributed by atoms with Crippen molar-refractivity contribution in [2.75, 3.05) is 6.61 Å². The molecule has 0 atom stereocenters. The molecule has 0 aliphatic heterocycles. The van der Waals surface area contributed by atoms with Crippen molar-refractivity contribution in [1.82, 2.24) is 0 Å². The number of hydrogen-bond donors (Lipinski definition) is 0. The summed E-state index contributed by atoms with van der Waals surface area (Å²) in [7, 11) is 0. The third-order valence-corrected chi connectivity index (χ3v) is 3.90. The molecule has 0 aliphatic rings. The molecule has 1 aromatic heterocycles. The molecule has 0 saturated heterocycles. The van der Waals surface area contributed by atoms with Crippen LogP contribution in [0.2, 0.25) is 0 Å². The summed E-state index contributed by atoms with van der Waals surface area (Å²) in [5.41, 5.74) is 1.97. The Bertz CT molecular complexity index is 987. The minimum Gasteiger partial charge on any atom is -0.482 e. The standard InChI is InChI=1S/C21H20O5/c1-3-5-15-11-20(22)26-19-12-17(8-9-18(15)19)25-21(23)13-24-16-7-4-6-14(2)10-16/h4,6-12H,3,5,13H2,1-2H3. The van der Waals surface area contributed by atoms with Gasteiger partial charge in [0.25, 0.3) is 0 Å². The van der Waals surface area contributed by atoms with Gasteiger partial charge in [0.05, 0.1) is 0 Å². The molecular weight excluding hydrogens is 332 g/mol. The van der Waals surface area contributed by atoms with Crippen molar-refractivity contribution < 1.29 is 18.7 Å². The van der Waals surface area contributed by atoms with E-state index in [1.165, 1.54) is 6.07 Å². The van der Waals surface area contributed by atoms with E-state index in [1.807, 2.05) is 32.0 Å². The first-order chi connectivity index (χ1) is 12.5. The van der Waals surface area contributed by atoms with Crippen LogP contribution in [0.3, 0.4) is 0 Å². The zero-order valence-electron chi connectivity index (χ0n) is 14.8. The summed E-state index contributed by atoms with van der Waals surface area (Å²) >= 11 is 0. The van der Waals surface area contributed by atoms with Crippen LogP contribution in [0.1, 0.15) is 24.5 Å². The molecule has 2 aromatic carbocycles. The maximum atomic E-state index is 12.0. The van der Waals surface area contributed by atoms with E-state index in [2.05, 4.69) is 0 Å². The molecule has 0 spiro atoms. The van der Waals surface area contributed by atoms with E-state index in [0.717, 1.165) is 29.4 Å². The van der Waals surface area contributed by atoms with E-state index in [9.17, 15) is 9.59 Å². The monoisotopic (exact) mass is 352 g/mol. The van der Waals surface area contributed by atoms with Crippen molar-refractivity contribution in [3.05, 3.63) is 70.1 Å². The van der Waals surface area contributed by atoms with Crippen LogP contribution in [0.4, 0.5) is 0 Å². The van der Waals surface area contributed by atoms with Gasteiger partial charge in [0, 0.05) is 17.5 Å². The molecule has 1 heterocycles. The van der Waals surface area contributed by atoms with Crippen molar-refractivity contribution in [2.45, 2.75) is 26.7 Å². The normalized spacial score (nSPS) is 10.7. The van der Waals surface area contributed by atoms with Crippen molar-refractivity contribution in [2.24, 2.45) is 0 Å². The third kappa shape index (κ3) is 4.30. The smallest absolute Gasteiger partial charge is 0.349 e. The highest BCUT2D eigenvalue weighted by Gasteiger charge is 2.10. The van der Waals surface area contributed by atoms with Crippen LogP contribution >= 0.6 is 0 Å². The lowest BCUT2D eigenvalue weighted by Gasteiger charge is -2.09. The summed E-state index contributed by atoms with van der Waals surface area (Å²) < 4.78 is 16.0. The van der Waals surface area contributed by atoms with Gasteiger partial charge in [-0.2, -0.15) is 0 Å². The fourth-order valence-electron chi connectivity index (χ4n) is 2.76. The Morgan fingerprint density at radius 3 is 2.69 bits per heavy atom. The van der Waals surface area contributed by atoms with Crippen molar-refractivity contribution in [3.8, 4) is 11.5 Å². The lowest BCUT2D eigenvalue weighted by atomic mass is 10.1. The number of esters is 1. The Balaban J connectivity index is 1.72. The number of rotatable bonds is 6. The van der Waals surface area contributed by atoms with Crippen LogP contribution in [-0.2, 0) is 11.2 Å². The quantitative estimate of drug-likeness (QED) is 0.380. The number of carbonyl (C=O) groups excluding carboxylic acids is 1. The van der Waals surface area contributed by atoms with Crippen LogP contribution in [0.5, 0.6) is 11.5 Å². The highest BCUT2D eigenvalue weighted by atomic mass is 16.6. The lowest BCUT2D eigenvalue weighted by molar-refractivity contribution is -0.136. The van der Waals surface area contributed by atoms with Crippen LogP contribution in [-0.4, -0.2) is 12.6 Å². The Labute approximate surface area is 151 Å². The number of benzene rings is 2. The van der Waals surface area contributed by atoms with E-state index in [1.54, 1.807) is 24.3 Å². The molecule has 0 N–H and O–H groups in total. The van der Waals surface area contributed by atoms with E-state index in [0.29, 0.717) is 17.1 Å². The summed E-state index contributed by atoms with van der Waals surface area (Å²) in [6.07, 6.45) is 1.71. The molecule has 3 rings (SSSR count). The minimum atomic E-state index is -0.530. The van der Waals surface area contributed by atoms with Gasteiger partial charge >= 0.3 is 11.6 Å². The average Bonchev–Trinajstić information content (AvgIpc) is 2.60. The fourth-order valence-corrected chi connectivity index (χ4v) is 2.76. The molecule has 5 nitrogen and oxygen atoms in total. The van der Waals surface area contributed by atoms with Crippen molar-refractivity contribution in [1.29, 1.82) is 0 Å².